The first-order chi connectivity index (χ1) is 6.57. The Hall–Kier alpha value is -0.0900. The van der Waals surface area contributed by atoms with Gasteiger partial charge in [0.05, 0.1) is 11.5 Å². The third kappa shape index (κ3) is 2.28. The summed E-state index contributed by atoms with van der Waals surface area (Å²) in [7, 11) is -2.69. The van der Waals surface area contributed by atoms with Crippen LogP contribution in [0.25, 0.3) is 0 Å². The summed E-state index contributed by atoms with van der Waals surface area (Å²) in [6.45, 7) is 4.62. The van der Waals surface area contributed by atoms with Gasteiger partial charge in [-0.05, 0) is 31.7 Å². The van der Waals surface area contributed by atoms with Gasteiger partial charge in [-0.15, -0.1) is 0 Å². The van der Waals surface area contributed by atoms with Gasteiger partial charge in [0, 0.05) is 12.6 Å². The molecule has 0 aromatic rings. The van der Waals surface area contributed by atoms with Crippen molar-refractivity contribution in [2.45, 2.75) is 32.2 Å². The first-order valence-electron chi connectivity index (χ1n) is 5.51. The molecular weight excluding hydrogens is 198 g/mol. The van der Waals surface area contributed by atoms with Crippen molar-refractivity contribution in [1.29, 1.82) is 0 Å². The second-order valence-electron chi connectivity index (χ2n) is 4.77. The van der Waals surface area contributed by atoms with E-state index in [1.165, 1.54) is 19.5 Å². The Morgan fingerprint density at radius 2 is 1.79 bits per heavy atom. The molecule has 0 N–H and O–H groups in total. The van der Waals surface area contributed by atoms with E-state index < -0.39 is 9.84 Å². The molecule has 3 nitrogen and oxygen atoms in total. The Balaban J connectivity index is 1.89. The summed E-state index contributed by atoms with van der Waals surface area (Å²) in [6, 6.07) is 0.545. The fourth-order valence-electron chi connectivity index (χ4n) is 2.54. The van der Waals surface area contributed by atoms with Gasteiger partial charge in [-0.2, -0.15) is 0 Å². The Kier molecular flexibility index (Phi) is 2.84. The van der Waals surface area contributed by atoms with Crippen LogP contribution in [0.15, 0.2) is 0 Å². The van der Waals surface area contributed by atoms with E-state index in [9.17, 15) is 8.42 Å². The van der Waals surface area contributed by atoms with Crippen molar-refractivity contribution in [2.75, 3.05) is 24.6 Å². The second kappa shape index (κ2) is 3.81. The summed E-state index contributed by atoms with van der Waals surface area (Å²) in [5.74, 6) is 1.61. The van der Waals surface area contributed by atoms with Crippen LogP contribution < -0.4 is 0 Å². The van der Waals surface area contributed by atoms with Gasteiger partial charge in [-0.1, -0.05) is 6.92 Å². The van der Waals surface area contributed by atoms with E-state index >= 15 is 0 Å². The van der Waals surface area contributed by atoms with E-state index in [0.717, 1.165) is 18.8 Å². The highest BCUT2D eigenvalue weighted by atomic mass is 32.2. The lowest BCUT2D eigenvalue weighted by atomic mass is 10.1. The number of sulfone groups is 1. The molecule has 2 aliphatic rings. The Morgan fingerprint density at radius 1 is 1.14 bits per heavy atom. The van der Waals surface area contributed by atoms with Crippen LogP contribution in [-0.4, -0.2) is 44.0 Å². The largest absolute Gasteiger partial charge is 0.300 e. The molecule has 2 saturated heterocycles. The van der Waals surface area contributed by atoms with Gasteiger partial charge in [-0.3, -0.25) is 0 Å². The van der Waals surface area contributed by atoms with Crippen molar-refractivity contribution in [3.63, 3.8) is 0 Å². The highest BCUT2D eigenvalue weighted by Crippen LogP contribution is 2.24. The first kappa shape index (κ1) is 10.4. The molecule has 0 radical (unpaired) electrons. The van der Waals surface area contributed by atoms with Crippen molar-refractivity contribution < 1.29 is 8.42 Å². The zero-order valence-corrected chi connectivity index (χ0v) is 9.59. The highest BCUT2D eigenvalue weighted by molar-refractivity contribution is 7.91. The van der Waals surface area contributed by atoms with Crippen molar-refractivity contribution >= 4 is 9.84 Å². The van der Waals surface area contributed by atoms with E-state index in [4.69, 9.17) is 0 Å². The molecule has 2 fully saturated rings. The Morgan fingerprint density at radius 3 is 2.29 bits per heavy atom. The van der Waals surface area contributed by atoms with Crippen LogP contribution in [0.2, 0.25) is 0 Å². The van der Waals surface area contributed by atoms with Crippen LogP contribution in [0, 0.1) is 5.92 Å². The zero-order valence-electron chi connectivity index (χ0n) is 8.78. The van der Waals surface area contributed by atoms with Crippen LogP contribution in [0.4, 0.5) is 0 Å². The van der Waals surface area contributed by atoms with Crippen molar-refractivity contribution in [3.05, 3.63) is 0 Å². The summed E-state index contributed by atoms with van der Waals surface area (Å²) in [6.07, 6.45) is 2.99. The molecule has 2 aliphatic heterocycles. The fourth-order valence-corrected chi connectivity index (χ4v) is 4.01. The summed E-state index contributed by atoms with van der Waals surface area (Å²) < 4.78 is 22.5. The van der Waals surface area contributed by atoms with E-state index in [-0.39, 0.29) is 0 Å². The summed E-state index contributed by atoms with van der Waals surface area (Å²) in [5, 5.41) is 0. The van der Waals surface area contributed by atoms with Crippen LogP contribution in [0.1, 0.15) is 26.2 Å². The fraction of sp³-hybridized carbons (Fsp3) is 1.00. The van der Waals surface area contributed by atoms with E-state index in [1.807, 2.05) is 0 Å². The predicted molar refractivity (Wildman–Crippen MR) is 57.0 cm³/mol. The van der Waals surface area contributed by atoms with Crippen LogP contribution in [0.3, 0.4) is 0 Å². The van der Waals surface area contributed by atoms with Gasteiger partial charge >= 0.3 is 0 Å². The standard InChI is InChI=1S/C10H19NO2S/c1-9-2-5-11(8-9)10-3-6-14(12,13)7-4-10/h9-10H,2-8H2,1H3/t9-/m1/s1. The third-order valence-electron chi connectivity index (χ3n) is 3.50. The molecule has 0 unspecified atom stereocenters. The van der Waals surface area contributed by atoms with Gasteiger partial charge in [-0.25, -0.2) is 8.42 Å². The maximum atomic E-state index is 11.3. The minimum atomic E-state index is -2.69. The van der Waals surface area contributed by atoms with Crippen molar-refractivity contribution in [3.8, 4) is 0 Å². The second-order valence-corrected chi connectivity index (χ2v) is 7.08. The van der Waals surface area contributed by atoms with Gasteiger partial charge in [0.15, 0.2) is 0 Å². The average Bonchev–Trinajstić information content (AvgIpc) is 2.52. The maximum absolute atomic E-state index is 11.3. The Bertz CT molecular complexity index is 285. The molecule has 0 saturated carbocycles. The van der Waals surface area contributed by atoms with Crippen LogP contribution in [-0.2, 0) is 9.84 Å². The quantitative estimate of drug-likeness (QED) is 0.655. The third-order valence-corrected chi connectivity index (χ3v) is 5.21. The molecule has 0 bridgehead atoms. The molecule has 0 aromatic carbocycles. The number of hydrogen-bond acceptors (Lipinski definition) is 3. The molecule has 0 amide bonds. The molecule has 0 spiro atoms. The number of likely N-dealkylation sites (tertiary alicyclic amines) is 1. The first-order valence-corrected chi connectivity index (χ1v) is 7.33. The smallest absolute Gasteiger partial charge is 0.150 e. The molecular formula is C10H19NO2S. The average molecular weight is 217 g/mol. The molecule has 82 valence electrons. The van der Waals surface area contributed by atoms with E-state index in [0.29, 0.717) is 17.5 Å². The predicted octanol–water partition coefficient (Wildman–Crippen LogP) is 0.905. The molecule has 0 aliphatic carbocycles. The molecule has 14 heavy (non-hydrogen) atoms. The lowest BCUT2D eigenvalue weighted by Crippen LogP contribution is -2.39. The van der Waals surface area contributed by atoms with Crippen molar-refractivity contribution in [1.82, 2.24) is 4.90 Å². The van der Waals surface area contributed by atoms with Crippen LogP contribution in [0.5, 0.6) is 0 Å². The summed E-state index contributed by atoms with van der Waals surface area (Å²) in [4.78, 5) is 2.49. The van der Waals surface area contributed by atoms with Gasteiger partial charge in [0.25, 0.3) is 0 Å². The molecule has 0 aromatic heterocycles. The van der Waals surface area contributed by atoms with E-state index in [1.54, 1.807) is 0 Å². The number of hydrogen-bond donors (Lipinski definition) is 0. The summed E-state index contributed by atoms with van der Waals surface area (Å²) in [5.41, 5.74) is 0. The zero-order chi connectivity index (χ0) is 10.2. The molecule has 4 heteroatoms. The lowest BCUT2D eigenvalue weighted by molar-refractivity contribution is 0.220. The van der Waals surface area contributed by atoms with Crippen LogP contribution >= 0.6 is 0 Å². The molecule has 2 heterocycles. The highest BCUT2D eigenvalue weighted by Gasteiger charge is 2.30. The number of rotatable bonds is 1. The number of nitrogens with zero attached hydrogens (tertiary/aromatic N) is 1. The minimum Gasteiger partial charge on any atom is -0.300 e. The maximum Gasteiger partial charge on any atom is 0.150 e. The SMILES string of the molecule is C[C@@H]1CCN(C2CCS(=O)(=O)CC2)C1. The summed E-state index contributed by atoms with van der Waals surface area (Å²) >= 11 is 0. The van der Waals surface area contributed by atoms with Gasteiger partial charge in [0.2, 0.25) is 0 Å². The topological polar surface area (TPSA) is 37.4 Å². The normalized spacial score (nSPS) is 34.8. The monoisotopic (exact) mass is 217 g/mol. The van der Waals surface area contributed by atoms with Crippen molar-refractivity contribution in [2.24, 2.45) is 5.92 Å². The lowest BCUT2D eigenvalue weighted by Gasteiger charge is -2.30. The Labute approximate surface area is 86.4 Å². The van der Waals surface area contributed by atoms with Gasteiger partial charge in [0.1, 0.15) is 9.84 Å². The minimum absolute atomic E-state index is 0.405. The van der Waals surface area contributed by atoms with Gasteiger partial charge < -0.3 is 4.90 Å². The molecule has 1 atom stereocenters. The molecule has 2 rings (SSSR count). The van der Waals surface area contributed by atoms with E-state index in [2.05, 4.69) is 11.8 Å².